The number of rotatable bonds is 9. The summed E-state index contributed by atoms with van der Waals surface area (Å²) in [7, 11) is 0. The Bertz CT molecular complexity index is 590. The number of ether oxygens (including phenoxy) is 1. The van der Waals surface area contributed by atoms with Crippen LogP contribution in [-0.2, 0) is 25.5 Å². The maximum Gasteiger partial charge on any atom is 0.331 e. The van der Waals surface area contributed by atoms with Crippen molar-refractivity contribution in [2.45, 2.75) is 6.42 Å². The lowest BCUT2D eigenvalue weighted by Gasteiger charge is -2.19. The van der Waals surface area contributed by atoms with Crippen LogP contribution in [0.5, 0.6) is 0 Å². The number of pyridine rings is 1. The molecule has 0 aliphatic rings. The number of primary amides is 1. The first kappa shape index (κ1) is 18.1. The average molecular weight is 319 g/mol. The summed E-state index contributed by atoms with van der Waals surface area (Å²) in [5, 5.41) is 0. The molecular weight excluding hydrogens is 298 g/mol. The molecule has 1 aromatic rings. The number of carbonyl (C=O) groups is 3. The standard InChI is InChI=1S/C16H19N3O4.H2/c1-2-11-23-16(22)7-6-15(21)19(12-14(17)20)10-8-13-5-3-4-9-18-13;/h2-7,9H,1,8,10-12H2,(H2,17,20);1H/b7-6-;. The number of hydrogen-bond acceptors (Lipinski definition) is 5. The first-order valence-corrected chi connectivity index (χ1v) is 6.95. The summed E-state index contributed by atoms with van der Waals surface area (Å²) < 4.78 is 4.72. The number of esters is 1. The maximum absolute atomic E-state index is 12.1. The molecule has 0 unspecified atom stereocenters. The SMILES string of the molecule is C=CCOC(=O)/C=C\C(=O)N(CCc1ccccn1)CC(N)=O.[HH]. The van der Waals surface area contributed by atoms with Gasteiger partial charge in [0.25, 0.3) is 0 Å². The van der Waals surface area contributed by atoms with Gasteiger partial charge in [-0.05, 0) is 12.1 Å². The van der Waals surface area contributed by atoms with Crippen LogP contribution in [0.25, 0.3) is 0 Å². The van der Waals surface area contributed by atoms with Crippen molar-refractivity contribution in [1.29, 1.82) is 0 Å². The van der Waals surface area contributed by atoms with E-state index < -0.39 is 17.8 Å². The molecule has 0 saturated heterocycles. The quantitative estimate of drug-likeness (QED) is 0.405. The highest BCUT2D eigenvalue weighted by Crippen LogP contribution is 1.99. The molecule has 7 heteroatoms. The van der Waals surface area contributed by atoms with Crippen molar-refractivity contribution >= 4 is 17.8 Å². The summed E-state index contributed by atoms with van der Waals surface area (Å²) in [6, 6.07) is 5.43. The van der Waals surface area contributed by atoms with E-state index in [1.165, 1.54) is 11.0 Å². The monoisotopic (exact) mass is 319 g/mol. The number of nitrogens with two attached hydrogens (primary N) is 1. The molecule has 0 aliphatic heterocycles. The fourth-order valence-electron chi connectivity index (χ4n) is 1.68. The van der Waals surface area contributed by atoms with Gasteiger partial charge in [0.15, 0.2) is 0 Å². The largest absolute Gasteiger partial charge is 0.458 e. The minimum absolute atomic E-state index is 0. The van der Waals surface area contributed by atoms with Gasteiger partial charge in [-0.3, -0.25) is 14.6 Å². The molecule has 0 saturated carbocycles. The van der Waals surface area contributed by atoms with Crippen molar-refractivity contribution in [3.63, 3.8) is 0 Å². The molecule has 0 aliphatic carbocycles. The zero-order chi connectivity index (χ0) is 17.1. The molecule has 0 radical (unpaired) electrons. The summed E-state index contributed by atoms with van der Waals surface area (Å²) in [5.41, 5.74) is 5.93. The Labute approximate surface area is 135 Å². The second-order valence-corrected chi connectivity index (χ2v) is 4.55. The summed E-state index contributed by atoms with van der Waals surface area (Å²) in [6.45, 7) is 3.48. The molecule has 0 atom stereocenters. The normalized spacial score (nSPS) is 10.3. The second kappa shape index (κ2) is 9.88. The fraction of sp³-hybridized carbons (Fsp3) is 0.250. The molecule has 2 amide bonds. The van der Waals surface area contributed by atoms with Gasteiger partial charge >= 0.3 is 5.97 Å². The first-order chi connectivity index (χ1) is 11.0. The zero-order valence-corrected chi connectivity index (χ0v) is 12.7. The third-order valence-electron chi connectivity index (χ3n) is 2.73. The van der Waals surface area contributed by atoms with E-state index in [4.69, 9.17) is 10.5 Å². The van der Waals surface area contributed by atoms with Gasteiger partial charge in [0, 0.05) is 38.4 Å². The first-order valence-electron chi connectivity index (χ1n) is 6.95. The summed E-state index contributed by atoms with van der Waals surface area (Å²) in [5.74, 6) is -1.81. The van der Waals surface area contributed by atoms with Gasteiger partial charge in [0.2, 0.25) is 11.8 Å². The molecule has 0 aromatic carbocycles. The van der Waals surface area contributed by atoms with Crippen molar-refractivity contribution in [2.75, 3.05) is 19.7 Å². The smallest absolute Gasteiger partial charge is 0.331 e. The van der Waals surface area contributed by atoms with E-state index in [1.54, 1.807) is 12.3 Å². The lowest BCUT2D eigenvalue weighted by molar-refractivity contribution is -0.137. The zero-order valence-electron chi connectivity index (χ0n) is 12.7. The van der Waals surface area contributed by atoms with Crippen LogP contribution in [0.4, 0.5) is 0 Å². The summed E-state index contributed by atoms with van der Waals surface area (Å²) in [4.78, 5) is 39.8. The molecule has 0 bridgehead atoms. The van der Waals surface area contributed by atoms with E-state index in [0.29, 0.717) is 6.42 Å². The molecular formula is C16H21N3O4. The molecule has 2 N–H and O–H groups in total. The van der Waals surface area contributed by atoms with Crippen LogP contribution >= 0.6 is 0 Å². The van der Waals surface area contributed by atoms with Crippen molar-refractivity contribution in [2.24, 2.45) is 5.73 Å². The minimum Gasteiger partial charge on any atom is -0.458 e. The molecule has 1 rings (SSSR count). The van der Waals surface area contributed by atoms with Crippen molar-refractivity contribution in [3.8, 4) is 0 Å². The van der Waals surface area contributed by atoms with Crippen LogP contribution in [0, 0.1) is 0 Å². The number of hydrogen-bond donors (Lipinski definition) is 1. The van der Waals surface area contributed by atoms with Crippen molar-refractivity contribution in [3.05, 3.63) is 54.9 Å². The Morgan fingerprint density at radius 3 is 2.74 bits per heavy atom. The van der Waals surface area contributed by atoms with Gasteiger partial charge in [0.05, 0.1) is 6.54 Å². The summed E-state index contributed by atoms with van der Waals surface area (Å²) >= 11 is 0. The lowest BCUT2D eigenvalue weighted by atomic mass is 10.2. The van der Waals surface area contributed by atoms with E-state index in [9.17, 15) is 14.4 Å². The average Bonchev–Trinajstić information content (AvgIpc) is 2.55. The van der Waals surface area contributed by atoms with Crippen LogP contribution in [0.15, 0.2) is 49.2 Å². The second-order valence-electron chi connectivity index (χ2n) is 4.55. The highest BCUT2D eigenvalue weighted by Gasteiger charge is 2.14. The lowest BCUT2D eigenvalue weighted by Crippen LogP contribution is -2.39. The molecule has 0 fully saturated rings. The molecule has 7 nitrogen and oxygen atoms in total. The van der Waals surface area contributed by atoms with E-state index in [1.807, 2.05) is 12.1 Å². The Morgan fingerprint density at radius 1 is 1.35 bits per heavy atom. The van der Waals surface area contributed by atoms with Gasteiger partial charge in [-0.15, -0.1) is 0 Å². The molecule has 1 aromatic heterocycles. The van der Waals surface area contributed by atoms with Crippen LogP contribution in [0.3, 0.4) is 0 Å². The van der Waals surface area contributed by atoms with E-state index in [2.05, 4.69) is 11.6 Å². The maximum atomic E-state index is 12.1. The predicted molar refractivity (Wildman–Crippen MR) is 86.1 cm³/mol. The highest BCUT2D eigenvalue weighted by molar-refractivity contribution is 5.96. The number of aromatic nitrogens is 1. The van der Waals surface area contributed by atoms with Gasteiger partial charge in [-0.1, -0.05) is 18.7 Å². The van der Waals surface area contributed by atoms with E-state index in [-0.39, 0.29) is 21.1 Å². The van der Waals surface area contributed by atoms with Crippen molar-refractivity contribution in [1.82, 2.24) is 9.88 Å². The third-order valence-corrected chi connectivity index (χ3v) is 2.73. The van der Waals surface area contributed by atoms with Gasteiger partial charge in [-0.2, -0.15) is 0 Å². The van der Waals surface area contributed by atoms with Crippen LogP contribution < -0.4 is 5.73 Å². The number of nitrogens with zero attached hydrogens (tertiary/aromatic N) is 2. The number of carbonyl (C=O) groups excluding carboxylic acids is 3. The predicted octanol–water partition coefficient (Wildman–Crippen LogP) is 0.469. The third kappa shape index (κ3) is 7.56. The molecule has 124 valence electrons. The molecule has 1 heterocycles. The minimum atomic E-state index is -0.665. The molecule has 0 spiro atoms. The van der Waals surface area contributed by atoms with E-state index in [0.717, 1.165) is 17.8 Å². The Hall–Kier alpha value is -2.96. The topological polar surface area (TPSA) is 103 Å². The Balaban J connectivity index is 0.00000529. The Kier molecular flexibility index (Phi) is 7.77. The van der Waals surface area contributed by atoms with Crippen LogP contribution in [0.1, 0.15) is 7.12 Å². The Morgan fingerprint density at radius 2 is 2.13 bits per heavy atom. The van der Waals surface area contributed by atoms with Crippen molar-refractivity contribution < 1.29 is 20.5 Å². The van der Waals surface area contributed by atoms with E-state index >= 15 is 0 Å². The van der Waals surface area contributed by atoms with Gasteiger partial charge < -0.3 is 15.4 Å². The van der Waals surface area contributed by atoms with Gasteiger partial charge in [-0.25, -0.2) is 4.79 Å². The van der Waals surface area contributed by atoms with Crippen LogP contribution in [-0.4, -0.2) is 47.4 Å². The fourth-order valence-corrected chi connectivity index (χ4v) is 1.68. The highest BCUT2D eigenvalue weighted by atomic mass is 16.5. The molecule has 23 heavy (non-hydrogen) atoms. The van der Waals surface area contributed by atoms with Crippen LogP contribution in [0.2, 0.25) is 0 Å². The van der Waals surface area contributed by atoms with Gasteiger partial charge in [0.1, 0.15) is 6.61 Å². The number of amides is 2. The summed E-state index contributed by atoms with van der Waals surface area (Å²) in [6.07, 6.45) is 5.58.